The molecule has 1 aromatic heterocycles. The molecule has 5 nitrogen and oxygen atoms in total. The van der Waals surface area contributed by atoms with Crippen molar-refractivity contribution in [2.45, 2.75) is 52.1 Å². The van der Waals surface area contributed by atoms with Gasteiger partial charge in [0.1, 0.15) is 17.2 Å². The number of anilines is 1. The minimum atomic E-state index is -0.454. The molecule has 1 fully saturated rings. The van der Waals surface area contributed by atoms with Crippen LogP contribution in [-0.4, -0.2) is 42.6 Å². The zero-order chi connectivity index (χ0) is 21.7. The second-order valence-corrected chi connectivity index (χ2v) is 8.88. The number of carbonyl (C=O) groups is 2. The van der Waals surface area contributed by atoms with Crippen LogP contribution in [0, 0.1) is 12.7 Å². The summed E-state index contributed by atoms with van der Waals surface area (Å²) in [7, 11) is 1.33. The fourth-order valence-electron chi connectivity index (χ4n) is 4.56. The van der Waals surface area contributed by atoms with Crippen molar-refractivity contribution in [3.63, 3.8) is 0 Å². The molecule has 31 heavy (non-hydrogen) atoms. The normalized spacial score (nSPS) is 16.1. The zero-order valence-corrected chi connectivity index (χ0v) is 22.1. The van der Waals surface area contributed by atoms with Gasteiger partial charge in [-0.15, -0.1) is 11.3 Å². The van der Waals surface area contributed by atoms with Gasteiger partial charge in [-0.1, -0.05) is 25.1 Å². The molecule has 1 aromatic carbocycles. The number of carbonyl (C=O) groups excluding carboxylic acids is 2. The number of likely N-dealkylation sites (tertiary alicyclic amines) is 1. The predicted molar refractivity (Wildman–Crippen MR) is 117 cm³/mol. The average Bonchev–Trinajstić information content (AvgIpc) is 3.10. The second kappa shape index (κ2) is 11.6. The summed E-state index contributed by atoms with van der Waals surface area (Å²) in [6, 6.07) is 6.50. The van der Waals surface area contributed by atoms with Crippen molar-refractivity contribution < 1.29 is 55.9 Å². The number of piperidine rings is 1. The molecule has 0 spiro atoms. The molecule has 2 aromatic rings. The van der Waals surface area contributed by atoms with Gasteiger partial charge in [0.05, 0.1) is 25.9 Å². The summed E-state index contributed by atoms with van der Waals surface area (Å²) in [5.74, 6) is -0.801. The Labute approximate surface area is 212 Å². The Kier molecular flexibility index (Phi) is 9.80. The Morgan fingerprint density at radius 2 is 1.90 bits per heavy atom. The minimum Gasteiger partial charge on any atom is -0.465 e. The van der Waals surface area contributed by atoms with E-state index in [1.54, 1.807) is 6.07 Å². The quantitative estimate of drug-likeness (QED) is 0.416. The molecule has 2 heterocycles. The van der Waals surface area contributed by atoms with Crippen LogP contribution in [0.25, 0.3) is 0 Å². The van der Waals surface area contributed by atoms with Crippen molar-refractivity contribution in [1.29, 1.82) is 0 Å². The Morgan fingerprint density at radius 3 is 2.52 bits per heavy atom. The molecule has 1 saturated heterocycles. The van der Waals surface area contributed by atoms with Crippen molar-refractivity contribution in [3.8, 4) is 0 Å². The molecule has 3 rings (SSSR count). The summed E-state index contributed by atoms with van der Waals surface area (Å²) < 4.78 is 19.9. The van der Waals surface area contributed by atoms with Gasteiger partial charge in [0.15, 0.2) is 6.04 Å². The van der Waals surface area contributed by atoms with E-state index in [0.29, 0.717) is 33.6 Å². The van der Waals surface area contributed by atoms with Crippen LogP contribution in [0.2, 0.25) is 0 Å². The number of aryl methyl sites for hydroxylation is 1. The van der Waals surface area contributed by atoms with Gasteiger partial charge >= 0.3 is 5.97 Å². The maximum Gasteiger partial charge on any atom is 0.350 e. The van der Waals surface area contributed by atoms with E-state index in [1.807, 2.05) is 31.4 Å². The molecule has 1 radical (unpaired) electrons. The largest absolute Gasteiger partial charge is 0.465 e. The number of esters is 1. The summed E-state index contributed by atoms with van der Waals surface area (Å²) in [5, 5.41) is 4.85. The van der Waals surface area contributed by atoms with Gasteiger partial charge in [0, 0.05) is 44.7 Å². The molecule has 165 valence electrons. The van der Waals surface area contributed by atoms with Crippen LogP contribution in [0.1, 0.15) is 53.4 Å². The molecular formula is C23H30FN2O3SY+. The van der Waals surface area contributed by atoms with E-state index in [0.717, 1.165) is 37.9 Å². The number of methoxy groups -OCH3 is 1. The second-order valence-electron chi connectivity index (χ2n) is 8.00. The van der Waals surface area contributed by atoms with Crippen molar-refractivity contribution in [1.82, 2.24) is 0 Å². The van der Waals surface area contributed by atoms with E-state index in [2.05, 4.69) is 5.32 Å². The Hall–Kier alpha value is -1.15. The first-order valence-electron chi connectivity index (χ1n) is 10.5. The molecule has 1 amide bonds. The topological polar surface area (TPSA) is 55.4 Å². The molecule has 1 atom stereocenters. The van der Waals surface area contributed by atoms with Crippen molar-refractivity contribution in [2.24, 2.45) is 0 Å². The van der Waals surface area contributed by atoms with Crippen LogP contribution >= 0.6 is 11.3 Å². The molecule has 1 unspecified atom stereocenters. The van der Waals surface area contributed by atoms with Gasteiger partial charge in [0.2, 0.25) is 0 Å². The first-order valence-corrected chi connectivity index (χ1v) is 11.4. The maximum atomic E-state index is 14.5. The number of nitrogens with one attached hydrogen (secondary N) is 1. The van der Waals surface area contributed by atoms with Gasteiger partial charge in [0.25, 0.3) is 5.91 Å². The Morgan fingerprint density at radius 1 is 1.23 bits per heavy atom. The molecule has 0 aliphatic carbocycles. The number of quaternary nitrogens is 1. The van der Waals surface area contributed by atoms with Crippen LogP contribution in [0.15, 0.2) is 29.6 Å². The van der Waals surface area contributed by atoms with Crippen molar-refractivity contribution in [2.75, 3.05) is 25.5 Å². The van der Waals surface area contributed by atoms with E-state index in [-0.39, 0.29) is 50.5 Å². The predicted octanol–water partition coefficient (Wildman–Crippen LogP) is 4.90. The number of ether oxygens (including phenoxy) is 1. The molecule has 0 saturated carbocycles. The first-order chi connectivity index (χ1) is 14.4. The van der Waals surface area contributed by atoms with Gasteiger partial charge in [-0.05, 0) is 43.2 Å². The van der Waals surface area contributed by atoms with E-state index in [9.17, 15) is 14.0 Å². The molecule has 8 heteroatoms. The number of amides is 1. The summed E-state index contributed by atoms with van der Waals surface area (Å²) in [6.45, 7) is 6.04. The van der Waals surface area contributed by atoms with E-state index < -0.39 is 5.97 Å². The third-order valence-corrected chi connectivity index (χ3v) is 7.17. The van der Waals surface area contributed by atoms with E-state index in [4.69, 9.17) is 4.74 Å². The van der Waals surface area contributed by atoms with Crippen LogP contribution in [0.4, 0.5) is 10.1 Å². The van der Waals surface area contributed by atoms with Crippen LogP contribution in [0.3, 0.4) is 0 Å². The number of thiophene rings is 1. The molecule has 1 aliphatic heterocycles. The molecule has 1 aliphatic rings. The monoisotopic (exact) mass is 522 g/mol. The van der Waals surface area contributed by atoms with Gasteiger partial charge in [-0.25, -0.2) is 9.18 Å². The third-order valence-electron chi connectivity index (χ3n) is 6.09. The number of hydrogen-bond donors (Lipinski definition) is 1. The summed E-state index contributed by atoms with van der Waals surface area (Å²) >= 11 is 1.27. The van der Waals surface area contributed by atoms with Crippen LogP contribution in [-0.2, 0) is 48.8 Å². The SMILES string of the molecule is CCC(C(=O)Nc1c(C)csc1C(=O)OC)[N+]1(Cc2ccccc2F)CCCCC1.[Y]. The number of rotatable bonds is 7. The molecule has 0 bridgehead atoms. The Bertz CT molecular complexity index is 912. The number of nitrogens with zero attached hydrogens (tertiary/aromatic N) is 1. The van der Waals surface area contributed by atoms with Crippen molar-refractivity contribution in [3.05, 3.63) is 51.5 Å². The Balaban J connectivity index is 0.00000341. The summed E-state index contributed by atoms with van der Waals surface area (Å²) in [6.07, 6.45) is 3.80. The minimum absolute atomic E-state index is 0. The average molecular weight is 522 g/mol. The standard InChI is InChI=1S/C23H29FN2O3S.Y/c1-4-19(22(27)25-20-16(2)15-30-21(20)23(28)29-3)26(12-8-5-9-13-26)14-17-10-6-7-11-18(17)24;/h6-7,10-11,15,19H,4-5,8-9,12-14H2,1-3H3;/p+1. The third kappa shape index (κ3) is 5.81. The fourth-order valence-corrected chi connectivity index (χ4v) is 5.48. The molecule has 1 N–H and O–H groups in total. The number of halogens is 1. The van der Waals surface area contributed by atoms with Gasteiger partial charge < -0.3 is 14.5 Å². The number of benzene rings is 1. The van der Waals surface area contributed by atoms with Crippen LogP contribution < -0.4 is 5.32 Å². The molecular weight excluding hydrogens is 492 g/mol. The van der Waals surface area contributed by atoms with Crippen molar-refractivity contribution >= 4 is 28.9 Å². The van der Waals surface area contributed by atoms with Crippen LogP contribution in [0.5, 0.6) is 0 Å². The summed E-state index contributed by atoms with van der Waals surface area (Å²) in [5.41, 5.74) is 2.01. The first kappa shape index (κ1) is 26.1. The fraction of sp³-hybridized carbons (Fsp3) is 0.478. The number of hydrogen-bond acceptors (Lipinski definition) is 4. The smallest absolute Gasteiger partial charge is 0.350 e. The van der Waals surface area contributed by atoms with E-state index in [1.165, 1.54) is 24.5 Å². The van der Waals surface area contributed by atoms with Gasteiger partial charge in [-0.2, -0.15) is 0 Å². The maximum absolute atomic E-state index is 14.5. The zero-order valence-electron chi connectivity index (χ0n) is 18.4. The van der Waals surface area contributed by atoms with E-state index >= 15 is 0 Å². The summed E-state index contributed by atoms with van der Waals surface area (Å²) in [4.78, 5) is 26.0. The van der Waals surface area contributed by atoms with Gasteiger partial charge in [-0.3, -0.25) is 4.79 Å².